The van der Waals surface area contributed by atoms with E-state index in [1.807, 2.05) is 0 Å². The molecule has 13 rings (SSSR count). The highest BCUT2D eigenvalue weighted by Gasteiger charge is 2.81. The largest absolute Gasteiger partial charge is 0.0848 e. The third-order valence-corrected chi connectivity index (χ3v) is 19.1. The van der Waals surface area contributed by atoms with Gasteiger partial charge in [0.15, 0.2) is 0 Å². The molecular weight excluding hydrogens is 456 g/mol. The first-order valence-corrected chi connectivity index (χ1v) is 18.1. The van der Waals surface area contributed by atoms with Crippen LogP contribution >= 0.6 is 0 Å². The van der Waals surface area contributed by atoms with Gasteiger partial charge in [-0.3, -0.25) is 0 Å². The van der Waals surface area contributed by atoms with Crippen molar-refractivity contribution in [1.82, 2.24) is 0 Å². The molecule has 0 heteroatoms. The molecule has 11 saturated carbocycles. The van der Waals surface area contributed by atoms with Crippen LogP contribution in [0.3, 0.4) is 0 Å². The first kappa shape index (κ1) is 20.4. The minimum absolute atomic E-state index is 0.946. The third-order valence-electron chi connectivity index (χ3n) is 19.1. The molecule has 0 aliphatic heterocycles. The van der Waals surface area contributed by atoms with E-state index in [4.69, 9.17) is 0 Å². The van der Waals surface area contributed by atoms with Gasteiger partial charge in [0.25, 0.3) is 0 Å². The fourth-order valence-electron chi connectivity index (χ4n) is 20.0. The van der Waals surface area contributed by atoms with Crippen LogP contribution in [0, 0.1) is 154 Å². The van der Waals surface area contributed by atoms with E-state index in [9.17, 15) is 0 Å². The Balaban J connectivity index is 0.913. The summed E-state index contributed by atoms with van der Waals surface area (Å²) in [4.78, 5) is 0. The maximum atomic E-state index is 2.71. The molecule has 0 radical (unpaired) electrons. The number of allylic oxidation sites excluding steroid dienone is 4. The molecular formula is C38H48. The molecule has 0 N–H and O–H groups in total. The molecule has 0 saturated heterocycles. The smallest absolute Gasteiger partial charge is 0.0194 e. The van der Waals surface area contributed by atoms with Gasteiger partial charge < -0.3 is 0 Å². The highest BCUT2D eigenvalue weighted by molar-refractivity contribution is 5.31. The monoisotopic (exact) mass is 504 g/mol. The van der Waals surface area contributed by atoms with Crippen LogP contribution in [0.25, 0.3) is 0 Å². The van der Waals surface area contributed by atoms with E-state index in [-0.39, 0.29) is 0 Å². The van der Waals surface area contributed by atoms with Gasteiger partial charge >= 0.3 is 0 Å². The molecule has 0 nitrogen and oxygen atoms in total. The lowest BCUT2D eigenvalue weighted by molar-refractivity contribution is -0.0296. The van der Waals surface area contributed by atoms with Crippen molar-refractivity contribution in [1.29, 1.82) is 0 Å². The summed E-state index contributed by atoms with van der Waals surface area (Å²) < 4.78 is 0. The molecule has 11 fully saturated rings. The summed E-state index contributed by atoms with van der Waals surface area (Å²) in [6, 6.07) is 0. The van der Waals surface area contributed by atoms with Gasteiger partial charge in [-0.25, -0.2) is 0 Å². The lowest BCUT2D eigenvalue weighted by Crippen LogP contribution is -2.47. The molecule has 12 bridgehead atoms. The summed E-state index contributed by atoms with van der Waals surface area (Å²) in [7, 11) is 0. The van der Waals surface area contributed by atoms with E-state index in [1.54, 1.807) is 38.5 Å². The van der Waals surface area contributed by atoms with Crippen LogP contribution in [0.15, 0.2) is 24.3 Å². The Hall–Kier alpha value is -0.520. The lowest BCUT2D eigenvalue weighted by atomic mass is 9.54. The molecule has 0 aromatic carbocycles. The van der Waals surface area contributed by atoms with Crippen molar-refractivity contribution >= 4 is 0 Å². The van der Waals surface area contributed by atoms with Crippen LogP contribution in [0.2, 0.25) is 0 Å². The van der Waals surface area contributed by atoms with E-state index in [1.165, 1.54) is 71.0 Å². The predicted molar refractivity (Wildman–Crippen MR) is 148 cm³/mol. The van der Waals surface area contributed by atoms with Crippen molar-refractivity contribution in [3.63, 3.8) is 0 Å². The van der Waals surface area contributed by atoms with Gasteiger partial charge in [-0.15, -0.1) is 0 Å². The second-order valence-corrected chi connectivity index (χ2v) is 18.9. The zero-order chi connectivity index (χ0) is 24.1. The first-order valence-electron chi connectivity index (χ1n) is 18.1. The summed E-state index contributed by atoms with van der Waals surface area (Å²) in [5, 5.41) is 0. The first-order chi connectivity index (χ1) is 18.7. The van der Waals surface area contributed by atoms with Crippen molar-refractivity contribution in [3.8, 4) is 0 Å². The van der Waals surface area contributed by atoms with Crippen LogP contribution in [-0.2, 0) is 0 Å². The summed E-state index contributed by atoms with van der Waals surface area (Å²) in [6.45, 7) is 5.40. The molecule has 13 aliphatic rings. The Labute approximate surface area is 230 Å². The Kier molecular flexibility index (Phi) is 3.22. The maximum absolute atomic E-state index is 2.71. The molecule has 0 amide bonds. The van der Waals surface area contributed by atoms with Gasteiger partial charge in [-0.1, -0.05) is 38.2 Å². The highest BCUT2D eigenvalue weighted by Crippen LogP contribution is 2.86. The second-order valence-electron chi connectivity index (χ2n) is 18.9. The van der Waals surface area contributed by atoms with E-state index in [0.717, 1.165) is 82.9 Å². The fourth-order valence-corrected chi connectivity index (χ4v) is 20.0. The zero-order valence-corrected chi connectivity index (χ0v) is 23.6. The molecule has 0 aromatic rings. The van der Waals surface area contributed by atoms with E-state index < -0.39 is 0 Å². The van der Waals surface area contributed by atoms with Gasteiger partial charge in [0.05, 0.1) is 0 Å². The summed E-state index contributed by atoms with van der Waals surface area (Å²) in [5.41, 5.74) is 0. The second kappa shape index (κ2) is 6.00. The number of hydrogen-bond donors (Lipinski definition) is 0. The van der Waals surface area contributed by atoms with Gasteiger partial charge in [-0.05, 0) is 192 Å². The van der Waals surface area contributed by atoms with Crippen molar-refractivity contribution in [3.05, 3.63) is 24.3 Å². The number of hydrogen-bond acceptors (Lipinski definition) is 0. The van der Waals surface area contributed by atoms with E-state index in [0.29, 0.717) is 0 Å². The lowest BCUT2D eigenvalue weighted by Gasteiger charge is -2.50. The van der Waals surface area contributed by atoms with Crippen LogP contribution in [0.1, 0.15) is 52.4 Å². The van der Waals surface area contributed by atoms with Crippen molar-refractivity contribution in [2.45, 2.75) is 52.4 Å². The number of fused-ring (bicyclic) bond motifs is 39. The third kappa shape index (κ3) is 1.79. The zero-order valence-electron chi connectivity index (χ0n) is 23.6. The van der Waals surface area contributed by atoms with Gasteiger partial charge in [0.1, 0.15) is 0 Å². The number of rotatable bonds is 1. The SMILES string of the molecule is CC(C)C1C2C3CC(C4C5CC(C6C7C=CC(C7)C56)C34)C2C2C3CC(C4C5CC(C6C7C=CC(C7)C56)C34)C12. The molecule has 24 atom stereocenters. The van der Waals surface area contributed by atoms with Crippen molar-refractivity contribution in [2.24, 2.45) is 154 Å². The summed E-state index contributed by atoms with van der Waals surface area (Å²) >= 11 is 0. The molecule has 24 unspecified atom stereocenters. The standard InChI is InChI=1S/C38H48/c1-13(2)26-35-22-11-24(33-20-9-18(31(22)33)27-14-3-5-16(7-14)29(20)27)37(35)38-25-12-23(36(26)38)32-19-10-21(34(25)32)30-17-6-4-15(8-17)28(19)30/h3-6,13-38H,7-12H2,1-2H3. The Morgan fingerprint density at radius 2 is 0.632 bits per heavy atom. The molecule has 200 valence electrons. The Morgan fingerprint density at radius 1 is 0.342 bits per heavy atom. The van der Waals surface area contributed by atoms with Crippen LogP contribution in [0.5, 0.6) is 0 Å². The average Bonchev–Trinajstić information content (AvgIpc) is 3.79. The van der Waals surface area contributed by atoms with Crippen LogP contribution in [0.4, 0.5) is 0 Å². The van der Waals surface area contributed by atoms with E-state index in [2.05, 4.69) is 38.2 Å². The summed E-state index contributed by atoms with van der Waals surface area (Å²) in [6.07, 6.45) is 20.8. The molecule has 0 spiro atoms. The van der Waals surface area contributed by atoms with E-state index >= 15 is 0 Å². The average molecular weight is 505 g/mol. The molecule has 38 heavy (non-hydrogen) atoms. The Morgan fingerprint density at radius 3 is 0.947 bits per heavy atom. The minimum atomic E-state index is 0.946. The quantitative estimate of drug-likeness (QED) is 0.254. The normalized spacial score (nSPS) is 77.4. The maximum Gasteiger partial charge on any atom is -0.0194 e. The van der Waals surface area contributed by atoms with Crippen molar-refractivity contribution < 1.29 is 0 Å². The van der Waals surface area contributed by atoms with Gasteiger partial charge in [0, 0.05) is 0 Å². The van der Waals surface area contributed by atoms with Gasteiger partial charge in [-0.2, -0.15) is 0 Å². The predicted octanol–water partition coefficient (Wildman–Crippen LogP) is 7.68. The molecule has 13 aliphatic carbocycles. The summed E-state index contributed by atoms with van der Waals surface area (Å²) in [5.74, 6) is 29.5. The molecule has 0 heterocycles. The minimum Gasteiger partial charge on any atom is -0.0848 e. The molecule has 0 aromatic heterocycles. The van der Waals surface area contributed by atoms with Crippen LogP contribution in [-0.4, -0.2) is 0 Å². The van der Waals surface area contributed by atoms with Crippen molar-refractivity contribution in [2.75, 3.05) is 0 Å². The van der Waals surface area contributed by atoms with Gasteiger partial charge in [0.2, 0.25) is 0 Å². The van der Waals surface area contributed by atoms with Crippen LogP contribution < -0.4 is 0 Å². The highest BCUT2D eigenvalue weighted by atomic mass is 14.9. The topological polar surface area (TPSA) is 0 Å². The fraction of sp³-hybridized carbons (Fsp3) is 0.895. The Bertz CT molecular complexity index is 1130.